The van der Waals surface area contributed by atoms with E-state index in [0.717, 1.165) is 0 Å². The van der Waals surface area contributed by atoms with Crippen LogP contribution in [-0.4, -0.2) is 22.3 Å². The average Bonchev–Trinajstić information content (AvgIpc) is 1.83. The molecule has 4 nitrogen and oxygen atoms in total. The fourth-order valence-electron chi connectivity index (χ4n) is 0.185. The predicted octanol–water partition coefficient (Wildman–Crippen LogP) is 0.564. The molecule has 0 rings (SSSR count). The number of hydrogen-bond acceptors (Lipinski definition) is 4. The van der Waals surface area contributed by atoms with Crippen molar-refractivity contribution in [2.24, 2.45) is 10.3 Å². The molecule has 2 N–H and O–H groups in total. The van der Waals surface area contributed by atoms with Crippen LogP contribution in [-0.2, 0) is 0 Å². The predicted molar refractivity (Wildman–Crippen MR) is 28.7 cm³/mol. The highest BCUT2D eigenvalue weighted by Gasteiger charge is 1.85. The zero-order valence-corrected chi connectivity index (χ0v) is 4.50. The molecule has 0 aromatic carbocycles. The zero-order valence-electron chi connectivity index (χ0n) is 4.50. The van der Waals surface area contributed by atoms with Crippen LogP contribution < -0.4 is 0 Å². The van der Waals surface area contributed by atoms with Gasteiger partial charge in [0.05, 0.1) is 5.71 Å². The van der Waals surface area contributed by atoms with E-state index in [2.05, 4.69) is 16.5 Å². The van der Waals surface area contributed by atoms with Gasteiger partial charge in [0.2, 0.25) is 0 Å². The lowest BCUT2D eigenvalue weighted by atomic mass is 10.3. The third-order valence-electron chi connectivity index (χ3n) is 0.576. The van der Waals surface area contributed by atoms with E-state index in [0.29, 0.717) is 5.71 Å². The molecular formula is C4H7N2O2. The summed E-state index contributed by atoms with van der Waals surface area (Å²) in [7, 11) is 0. The second-order valence-corrected chi connectivity index (χ2v) is 1.27. The van der Waals surface area contributed by atoms with E-state index < -0.39 is 0 Å². The molecule has 45 valence electrons. The number of rotatable bonds is 2. The van der Waals surface area contributed by atoms with Gasteiger partial charge in [-0.1, -0.05) is 10.3 Å². The Morgan fingerprint density at radius 3 is 2.62 bits per heavy atom. The molecule has 0 amide bonds. The molecule has 8 heavy (non-hydrogen) atoms. The summed E-state index contributed by atoms with van der Waals surface area (Å²) in [5.74, 6) is 0. The Bertz CT molecular complexity index is 109. The largest absolute Gasteiger partial charge is 0.411 e. The van der Waals surface area contributed by atoms with E-state index in [1.165, 1.54) is 0 Å². The molecule has 0 heterocycles. The number of oxime groups is 1. The summed E-state index contributed by atoms with van der Waals surface area (Å²) in [6, 6.07) is 0. The van der Waals surface area contributed by atoms with Crippen LogP contribution in [0.15, 0.2) is 10.3 Å². The van der Waals surface area contributed by atoms with Gasteiger partial charge in [-0.25, -0.2) is 0 Å². The van der Waals surface area contributed by atoms with Gasteiger partial charge in [0.15, 0.2) is 0 Å². The first-order valence-corrected chi connectivity index (χ1v) is 2.05. The topological polar surface area (TPSA) is 65.2 Å². The van der Waals surface area contributed by atoms with Crippen LogP contribution in [0, 0.1) is 0 Å². The van der Waals surface area contributed by atoms with Crippen molar-refractivity contribution in [3.05, 3.63) is 0 Å². The van der Waals surface area contributed by atoms with Crippen LogP contribution in [0.1, 0.15) is 13.3 Å². The van der Waals surface area contributed by atoms with E-state index in [4.69, 9.17) is 10.4 Å². The summed E-state index contributed by atoms with van der Waals surface area (Å²) in [6.45, 7) is 1.60. The maximum absolute atomic E-state index is 7.99. The molecule has 0 bridgehead atoms. The van der Waals surface area contributed by atoms with Crippen LogP contribution in [0.4, 0.5) is 0 Å². The molecule has 4 heteroatoms. The smallest absolute Gasteiger partial charge is 0.110 e. The molecule has 0 saturated heterocycles. The zero-order chi connectivity index (χ0) is 6.41. The Morgan fingerprint density at radius 1 is 1.62 bits per heavy atom. The molecule has 0 fully saturated rings. The van der Waals surface area contributed by atoms with Gasteiger partial charge in [-0.3, -0.25) is 0 Å². The van der Waals surface area contributed by atoms with Gasteiger partial charge in [-0.05, 0) is 6.92 Å². The van der Waals surface area contributed by atoms with Gasteiger partial charge in [0.1, 0.15) is 6.21 Å². The van der Waals surface area contributed by atoms with Gasteiger partial charge in [0, 0.05) is 6.42 Å². The van der Waals surface area contributed by atoms with E-state index in [-0.39, 0.29) is 6.42 Å². The third-order valence-corrected chi connectivity index (χ3v) is 0.576. The lowest BCUT2D eigenvalue weighted by molar-refractivity contribution is 0.316. The van der Waals surface area contributed by atoms with Gasteiger partial charge < -0.3 is 10.4 Å². The highest BCUT2D eigenvalue weighted by molar-refractivity contribution is 5.93. The van der Waals surface area contributed by atoms with Gasteiger partial charge in [0.25, 0.3) is 0 Å². The highest BCUT2D eigenvalue weighted by atomic mass is 16.4. The second kappa shape index (κ2) is 4.11. The first-order chi connectivity index (χ1) is 3.81. The van der Waals surface area contributed by atoms with Gasteiger partial charge in [-0.2, -0.15) is 0 Å². The minimum absolute atomic E-state index is 0.257. The summed E-state index contributed by atoms with van der Waals surface area (Å²) in [4.78, 5) is 0. The Hall–Kier alpha value is -1.06. The van der Waals surface area contributed by atoms with Crippen LogP contribution >= 0.6 is 0 Å². The van der Waals surface area contributed by atoms with Crippen molar-refractivity contribution in [1.82, 2.24) is 0 Å². The Labute approximate surface area is 47.1 Å². The monoisotopic (exact) mass is 115 g/mol. The lowest BCUT2D eigenvalue weighted by Crippen LogP contribution is -1.90. The summed E-state index contributed by atoms with van der Waals surface area (Å²) < 4.78 is 0. The molecule has 1 radical (unpaired) electrons. The molecule has 0 spiro atoms. The van der Waals surface area contributed by atoms with Crippen molar-refractivity contribution < 1.29 is 10.4 Å². The fraction of sp³-hybridized carbons (Fsp3) is 0.500. The van der Waals surface area contributed by atoms with E-state index >= 15 is 0 Å². The molecule has 0 aliphatic carbocycles. The van der Waals surface area contributed by atoms with Gasteiger partial charge >= 0.3 is 0 Å². The summed E-state index contributed by atoms with van der Waals surface area (Å²) in [6.07, 6.45) is 2.45. The van der Waals surface area contributed by atoms with Crippen LogP contribution in [0.25, 0.3) is 0 Å². The lowest BCUT2D eigenvalue weighted by Gasteiger charge is -1.83. The first kappa shape index (κ1) is 6.94. The Kier molecular flexibility index (Phi) is 3.56. The van der Waals surface area contributed by atoms with E-state index in [1.807, 2.05) is 0 Å². The highest BCUT2D eigenvalue weighted by Crippen LogP contribution is 1.78. The van der Waals surface area contributed by atoms with Crippen molar-refractivity contribution in [3.63, 3.8) is 0 Å². The summed E-state index contributed by atoms with van der Waals surface area (Å²) >= 11 is 0. The normalized spacial score (nSPS) is 12.9. The maximum atomic E-state index is 7.99. The number of hydrogen-bond donors (Lipinski definition) is 2. The van der Waals surface area contributed by atoms with Crippen LogP contribution in [0.3, 0.4) is 0 Å². The second-order valence-electron chi connectivity index (χ2n) is 1.27. The molecule has 0 aliphatic rings. The van der Waals surface area contributed by atoms with Crippen molar-refractivity contribution in [3.8, 4) is 0 Å². The van der Waals surface area contributed by atoms with Crippen LogP contribution in [0.2, 0.25) is 0 Å². The van der Waals surface area contributed by atoms with E-state index in [1.54, 1.807) is 6.92 Å². The third kappa shape index (κ3) is 3.14. The molecule has 0 saturated carbocycles. The molecule has 0 aromatic heterocycles. The molecular weight excluding hydrogens is 108 g/mol. The minimum atomic E-state index is 0.257. The Morgan fingerprint density at radius 2 is 2.25 bits per heavy atom. The fourth-order valence-corrected chi connectivity index (χ4v) is 0.185. The van der Waals surface area contributed by atoms with Crippen molar-refractivity contribution in [2.45, 2.75) is 13.3 Å². The maximum Gasteiger partial charge on any atom is 0.110 e. The summed E-state index contributed by atoms with van der Waals surface area (Å²) in [5, 5.41) is 21.2. The van der Waals surface area contributed by atoms with E-state index in [9.17, 15) is 0 Å². The number of nitrogens with zero attached hydrogens (tertiary/aromatic N) is 2. The molecule has 0 aliphatic heterocycles. The standard InChI is InChI=1S/C4H7N2O2/c1-4(6-8)2-3-5-7/h7-8H,2H2,1H3. The molecule has 0 aromatic rings. The van der Waals surface area contributed by atoms with Crippen molar-refractivity contribution in [2.75, 3.05) is 0 Å². The average molecular weight is 115 g/mol. The molecule has 0 unspecified atom stereocenters. The summed E-state index contributed by atoms with van der Waals surface area (Å²) in [5.41, 5.74) is 0.461. The Balaban J connectivity index is 3.40. The van der Waals surface area contributed by atoms with Crippen molar-refractivity contribution >= 4 is 11.9 Å². The van der Waals surface area contributed by atoms with Crippen molar-refractivity contribution in [1.29, 1.82) is 0 Å². The van der Waals surface area contributed by atoms with Crippen LogP contribution in [0.5, 0.6) is 0 Å². The first-order valence-electron chi connectivity index (χ1n) is 2.05. The quantitative estimate of drug-likeness (QED) is 0.314. The van der Waals surface area contributed by atoms with Gasteiger partial charge in [-0.15, -0.1) is 0 Å². The minimum Gasteiger partial charge on any atom is -0.411 e. The SMILES string of the molecule is CC(C[C]=NO)=NO. The molecule has 0 atom stereocenters.